The van der Waals surface area contributed by atoms with E-state index < -0.39 is 0 Å². The van der Waals surface area contributed by atoms with Crippen LogP contribution in [0.1, 0.15) is 39.3 Å². The maximum Gasteiger partial charge on any atom is 0.0635 e. The topological polar surface area (TPSA) is 27.8 Å². The lowest BCUT2D eigenvalue weighted by molar-refractivity contribution is 0.156. The molecule has 14 heavy (non-hydrogen) atoms. The Labute approximate surface area is 86.1 Å². The summed E-state index contributed by atoms with van der Waals surface area (Å²) in [6.45, 7) is 8.07. The molecule has 0 aliphatic carbocycles. The lowest BCUT2D eigenvalue weighted by atomic mass is 9.70. The Bertz CT molecular complexity index is 287. The highest BCUT2D eigenvalue weighted by molar-refractivity contribution is 5.21. The molecule has 1 aromatic heterocycles. The maximum absolute atomic E-state index is 3.68. The first-order valence-corrected chi connectivity index (χ1v) is 5.45. The molecule has 1 aromatic rings. The molecule has 2 N–H and O–H groups in total. The van der Waals surface area contributed by atoms with Gasteiger partial charge in [0.2, 0.25) is 0 Å². The van der Waals surface area contributed by atoms with Gasteiger partial charge in [0.25, 0.3) is 0 Å². The van der Waals surface area contributed by atoms with Crippen molar-refractivity contribution in [2.75, 3.05) is 6.54 Å². The summed E-state index contributed by atoms with van der Waals surface area (Å²) in [6.07, 6.45) is 4.52. The Hall–Kier alpha value is -0.760. The van der Waals surface area contributed by atoms with E-state index in [1.54, 1.807) is 0 Å². The predicted octanol–water partition coefficient (Wildman–Crippen LogP) is 2.64. The van der Waals surface area contributed by atoms with Crippen LogP contribution in [0.2, 0.25) is 0 Å². The van der Waals surface area contributed by atoms with Gasteiger partial charge in [-0.15, -0.1) is 0 Å². The number of nitrogens with one attached hydrogen (secondary N) is 2. The normalized spacial score (nSPS) is 28.2. The summed E-state index contributed by atoms with van der Waals surface area (Å²) in [7, 11) is 0. The molecular formula is C12H20N2. The lowest BCUT2D eigenvalue weighted by Gasteiger charge is -2.41. The average Bonchev–Trinajstić information content (AvgIpc) is 2.74. The fourth-order valence-corrected chi connectivity index (χ4v) is 2.61. The Kier molecular flexibility index (Phi) is 2.18. The molecule has 2 nitrogen and oxygen atoms in total. The number of H-pyrrole nitrogens is 1. The van der Waals surface area contributed by atoms with E-state index in [0.29, 0.717) is 0 Å². The van der Waals surface area contributed by atoms with Crippen molar-refractivity contribution < 1.29 is 0 Å². The molecule has 2 heterocycles. The van der Waals surface area contributed by atoms with E-state index in [-0.39, 0.29) is 11.0 Å². The van der Waals surface area contributed by atoms with Crippen molar-refractivity contribution >= 4 is 0 Å². The summed E-state index contributed by atoms with van der Waals surface area (Å²) in [4.78, 5) is 3.36. The van der Waals surface area contributed by atoms with Crippen LogP contribution in [0.4, 0.5) is 0 Å². The van der Waals surface area contributed by atoms with Crippen LogP contribution in [0.3, 0.4) is 0 Å². The maximum atomic E-state index is 3.68. The van der Waals surface area contributed by atoms with Crippen molar-refractivity contribution in [2.24, 2.45) is 5.41 Å². The molecule has 78 valence electrons. The van der Waals surface area contributed by atoms with Gasteiger partial charge in [-0.3, -0.25) is 0 Å². The van der Waals surface area contributed by atoms with Crippen LogP contribution in [-0.4, -0.2) is 11.5 Å². The molecule has 0 spiro atoms. The summed E-state index contributed by atoms with van der Waals surface area (Å²) in [6, 6.07) is 4.28. The monoisotopic (exact) mass is 192 g/mol. The third-order valence-electron chi connectivity index (χ3n) is 3.49. The summed E-state index contributed by atoms with van der Waals surface area (Å²) in [5.74, 6) is 0. The van der Waals surface area contributed by atoms with E-state index in [4.69, 9.17) is 0 Å². The van der Waals surface area contributed by atoms with Crippen molar-refractivity contribution in [1.82, 2.24) is 10.3 Å². The smallest absolute Gasteiger partial charge is 0.0635 e. The Morgan fingerprint density at radius 1 is 1.36 bits per heavy atom. The van der Waals surface area contributed by atoms with Crippen LogP contribution < -0.4 is 5.32 Å². The third kappa shape index (κ3) is 1.29. The van der Waals surface area contributed by atoms with Gasteiger partial charge < -0.3 is 10.3 Å². The van der Waals surface area contributed by atoms with Gasteiger partial charge in [-0.2, -0.15) is 0 Å². The van der Waals surface area contributed by atoms with E-state index in [0.717, 1.165) is 6.54 Å². The van der Waals surface area contributed by atoms with Crippen LogP contribution in [0.15, 0.2) is 18.3 Å². The zero-order chi connectivity index (χ0) is 10.2. The first kappa shape index (κ1) is 9.78. The minimum atomic E-state index is 0.149. The van der Waals surface area contributed by atoms with Crippen molar-refractivity contribution in [3.05, 3.63) is 24.0 Å². The second-order valence-corrected chi connectivity index (χ2v) is 5.27. The molecule has 0 bridgehead atoms. The van der Waals surface area contributed by atoms with Gasteiger partial charge in [0, 0.05) is 11.9 Å². The molecule has 1 saturated heterocycles. The third-order valence-corrected chi connectivity index (χ3v) is 3.49. The van der Waals surface area contributed by atoms with Gasteiger partial charge in [-0.1, -0.05) is 20.8 Å². The Morgan fingerprint density at radius 3 is 2.57 bits per heavy atom. The van der Waals surface area contributed by atoms with Crippen molar-refractivity contribution in [2.45, 2.75) is 39.2 Å². The van der Waals surface area contributed by atoms with Crippen molar-refractivity contribution in [3.8, 4) is 0 Å². The van der Waals surface area contributed by atoms with E-state index in [1.165, 1.54) is 18.5 Å². The molecule has 0 amide bonds. The first-order valence-electron chi connectivity index (χ1n) is 5.45. The number of hydrogen-bond donors (Lipinski definition) is 2. The van der Waals surface area contributed by atoms with Crippen LogP contribution in [0.25, 0.3) is 0 Å². The van der Waals surface area contributed by atoms with E-state index in [1.807, 2.05) is 6.20 Å². The van der Waals surface area contributed by atoms with Crippen molar-refractivity contribution in [3.63, 3.8) is 0 Å². The largest absolute Gasteiger partial charge is 0.363 e. The molecule has 2 rings (SSSR count). The van der Waals surface area contributed by atoms with Crippen LogP contribution >= 0.6 is 0 Å². The molecule has 0 radical (unpaired) electrons. The van der Waals surface area contributed by atoms with Crippen LogP contribution in [0, 0.1) is 5.41 Å². The molecule has 1 fully saturated rings. The fourth-order valence-electron chi connectivity index (χ4n) is 2.61. The van der Waals surface area contributed by atoms with E-state index >= 15 is 0 Å². The fraction of sp³-hybridized carbons (Fsp3) is 0.667. The van der Waals surface area contributed by atoms with Crippen LogP contribution in [0.5, 0.6) is 0 Å². The second kappa shape index (κ2) is 3.13. The predicted molar refractivity (Wildman–Crippen MR) is 59.2 cm³/mol. The molecule has 1 aliphatic heterocycles. The zero-order valence-electron chi connectivity index (χ0n) is 9.35. The van der Waals surface area contributed by atoms with Gasteiger partial charge >= 0.3 is 0 Å². The SMILES string of the molecule is CC(C)(C)C1(c2ccc[nH]2)CCCN1. The highest BCUT2D eigenvalue weighted by Crippen LogP contribution is 2.44. The van der Waals surface area contributed by atoms with Crippen molar-refractivity contribution in [1.29, 1.82) is 0 Å². The van der Waals surface area contributed by atoms with Gasteiger partial charge in [0.15, 0.2) is 0 Å². The molecular weight excluding hydrogens is 172 g/mol. The highest BCUT2D eigenvalue weighted by atomic mass is 15.1. The second-order valence-electron chi connectivity index (χ2n) is 5.27. The summed E-state index contributed by atoms with van der Waals surface area (Å²) in [5.41, 5.74) is 1.74. The molecule has 0 saturated carbocycles. The average molecular weight is 192 g/mol. The minimum absolute atomic E-state index is 0.149. The molecule has 2 heteroatoms. The number of rotatable bonds is 1. The quantitative estimate of drug-likeness (QED) is 0.703. The number of hydrogen-bond acceptors (Lipinski definition) is 1. The Balaban J connectivity index is 2.42. The summed E-state index contributed by atoms with van der Waals surface area (Å²) < 4.78 is 0. The number of aromatic amines is 1. The van der Waals surface area contributed by atoms with Gasteiger partial charge in [-0.25, -0.2) is 0 Å². The zero-order valence-corrected chi connectivity index (χ0v) is 9.35. The van der Waals surface area contributed by atoms with Gasteiger partial charge in [-0.05, 0) is 36.9 Å². The minimum Gasteiger partial charge on any atom is -0.363 e. The summed E-state index contributed by atoms with van der Waals surface area (Å²) in [5, 5.41) is 3.68. The summed E-state index contributed by atoms with van der Waals surface area (Å²) >= 11 is 0. The Morgan fingerprint density at radius 2 is 2.14 bits per heavy atom. The molecule has 1 atom stereocenters. The molecule has 1 unspecified atom stereocenters. The van der Waals surface area contributed by atoms with E-state index in [9.17, 15) is 0 Å². The molecule has 1 aliphatic rings. The van der Waals surface area contributed by atoms with Crippen LogP contribution in [-0.2, 0) is 5.54 Å². The molecule has 0 aromatic carbocycles. The highest BCUT2D eigenvalue weighted by Gasteiger charge is 2.45. The van der Waals surface area contributed by atoms with Gasteiger partial charge in [0.05, 0.1) is 5.54 Å². The van der Waals surface area contributed by atoms with E-state index in [2.05, 4.69) is 43.2 Å². The van der Waals surface area contributed by atoms with Gasteiger partial charge in [0.1, 0.15) is 0 Å². The number of aromatic nitrogens is 1. The lowest BCUT2D eigenvalue weighted by Crippen LogP contribution is -2.48. The first-order chi connectivity index (χ1) is 6.56. The standard InChI is InChI=1S/C12H20N2/c1-11(2,3)12(7-5-9-14-12)10-6-4-8-13-10/h4,6,8,13-14H,5,7,9H2,1-3H3.